The zero-order valence-corrected chi connectivity index (χ0v) is 12.8. The van der Waals surface area contributed by atoms with E-state index in [1.807, 2.05) is 25.1 Å². The van der Waals surface area contributed by atoms with Crippen molar-refractivity contribution in [2.45, 2.75) is 26.8 Å². The molecule has 0 aliphatic rings. The van der Waals surface area contributed by atoms with Crippen molar-refractivity contribution >= 4 is 21.4 Å². The predicted octanol–water partition coefficient (Wildman–Crippen LogP) is 1.56. The standard InChI is InChI=1S/C14H22N2O3S/c1-3-9-20(18,19)11-14(17)16-13-8-6-5-7-12(13)10-15-4-2/h5-8,15H,3-4,9-11H2,1-2H3,(H,16,17). The van der Waals surface area contributed by atoms with Gasteiger partial charge in [-0.15, -0.1) is 0 Å². The third-order valence-corrected chi connectivity index (χ3v) is 4.46. The average Bonchev–Trinajstić information content (AvgIpc) is 2.36. The van der Waals surface area contributed by atoms with Crippen molar-refractivity contribution < 1.29 is 13.2 Å². The van der Waals surface area contributed by atoms with Gasteiger partial charge in [0.25, 0.3) is 0 Å². The lowest BCUT2D eigenvalue weighted by Gasteiger charge is -2.11. The van der Waals surface area contributed by atoms with Gasteiger partial charge in [0.05, 0.1) is 5.75 Å². The quantitative estimate of drug-likeness (QED) is 0.764. The maximum atomic E-state index is 11.8. The van der Waals surface area contributed by atoms with Crippen LogP contribution in [-0.4, -0.2) is 32.4 Å². The van der Waals surface area contributed by atoms with E-state index in [1.165, 1.54) is 0 Å². The number of nitrogens with one attached hydrogen (secondary N) is 2. The summed E-state index contributed by atoms with van der Waals surface area (Å²) in [6.45, 7) is 5.24. The first-order valence-electron chi connectivity index (χ1n) is 6.77. The molecule has 0 saturated heterocycles. The summed E-state index contributed by atoms with van der Waals surface area (Å²) in [4.78, 5) is 11.8. The molecule has 112 valence electrons. The molecular weight excluding hydrogens is 276 g/mol. The topological polar surface area (TPSA) is 75.3 Å². The number of para-hydroxylation sites is 1. The summed E-state index contributed by atoms with van der Waals surface area (Å²) in [5, 5.41) is 5.85. The van der Waals surface area contributed by atoms with Crippen molar-refractivity contribution in [3.63, 3.8) is 0 Å². The second-order valence-electron chi connectivity index (χ2n) is 4.58. The van der Waals surface area contributed by atoms with Crippen molar-refractivity contribution in [2.24, 2.45) is 0 Å². The Labute approximate surface area is 120 Å². The lowest BCUT2D eigenvalue weighted by molar-refractivity contribution is -0.113. The smallest absolute Gasteiger partial charge is 0.239 e. The highest BCUT2D eigenvalue weighted by atomic mass is 32.2. The summed E-state index contributed by atoms with van der Waals surface area (Å²) in [6, 6.07) is 7.37. The fourth-order valence-corrected chi connectivity index (χ4v) is 3.06. The Morgan fingerprint density at radius 2 is 1.90 bits per heavy atom. The highest BCUT2D eigenvalue weighted by molar-refractivity contribution is 7.92. The molecule has 0 unspecified atom stereocenters. The molecule has 20 heavy (non-hydrogen) atoms. The molecule has 0 aromatic heterocycles. The molecule has 1 aromatic rings. The summed E-state index contributed by atoms with van der Waals surface area (Å²) < 4.78 is 23.2. The minimum absolute atomic E-state index is 0.0411. The highest BCUT2D eigenvalue weighted by Crippen LogP contribution is 2.14. The van der Waals surface area contributed by atoms with Crippen LogP contribution in [0.3, 0.4) is 0 Å². The van der Waals surface area contributed by atoms with Crippen molar-refractivity contribution in [1.29, 1.82) is 0 Å². The van der Waals surface area contributed by atoms with Crippen LogP contribution in [0.5, 0.6) is 0 Å². The number of hydrogen-bond donors (Lipinski definition) is 2. The Hall–Kier alpha value is -1.40. The second-order valence-corrected chi connectivity index (χ2v) is 6.76. The summed E-state index contributed by atoms with van der Waals surface area (Å²) in [5.41, 5.74) is 1.60. The van der Waals surface area contributed by atoms with Crippen LogP contribution in [0.1, 0.15) is 25.8 Å². The summed E-state index contributed by atoms with van der Waals surface area (Å²) >= 11 is 0. The molecule has 0 fully saturated rings. The monoisotopic (exact) mass is 298 g/mol. The molecule has 0 aliphatic carbocycles. The van der Waals surface area contributed by atoms with Crippen LogP contribution in [0.2, 0.25) is 0 Å². The number of anilines is 1. The first kappa shape index (κ1) is 16.7. The Kier molecular flexibility index (Phi) is 6.67. The minimum Gasteiger partial charge on any atom is -0.325 e. The van der Waals surface area contributed by atoms with Gasteiger partial charge in [-0.05, 0) is 24.6 Å². The molecule has 0 spiro atoms. The van der Waals surface area contributed by atoms with E-state index < -0.39 is 21.5 Å². The summed E-state index contributed by atoms with van der Waals surface area (Å²) in [5.74, 6) is -0.905. The summed E-state index contributed by atoms with van der Waals surface area (Å²) in [6.07, 6.45) is 0.520. The van der Waals surface area contributed by atoms with Crippen LogP contribution < -0.4 is 10.6 Å². The fourth-order valence-electron chi connectivity index (χ4n) is 1.83. The third kappa shape index (κ3) is 5.71. The van der Waals surface area contributed by atoms with Gasteiger partial charge < -0.3 is 10.6 Å². The Morgan fingerprint density at radius 3 is 2.55 bits per heavy atom. The van der Waals surface area contributed by atoms with E-state index in [1.54, 1.807) is 13.0 Å². The lowest BCUT2D eigenvalue weighted by Crippen LogP contribution is -2.25. The van der Waals surface area contributed by atoms with Crippen LogP contribution in [-0.2, 0) is 21.2 Å². The minimum atomic E-state index is -3.31. The van der Waals surface area contributed by atoms with Gasteiger partial charge in [-0.25, -0.2) is 8.42 Å². The van der Waals surface area contributed by atoms with Crippen molar-refractivity contribution in [3.8, 4) is 0 Å². The van der Waals surface area contributed by atoms with Gasteiger partial charge in [-0.3, -0.25) is 4.79 Å². The third-order valence-electron chi connectivity index (χ3n) is 2.72. The number of sulfone groups is 1. The van der Waals surface area contributed by atoms with Crippen molar-refractivity contribution in [1.82, 2.24) is 5.32 Å². The Morgan fingerprint density at radius 1 is 1.20 bits per heavy atom. The highest BCUT2D eigenvalue weighted by Gasteiger charge is 2.16. The molecule has 1 amide bonds. The van der Waals surface area contributed by atoms with Crippen LogP contribution >= 0.6 is 0 Å². The average molecular weight is 298 g/mol. The Balaban J connectivity index is 2.71. The van der Waals surface area contributed by atoms with E-state index in [2.05, 4.69) is 10.6 Å². The molecule has 1 rings (SSSR count). The van der Waals surface area contributed by atoms with Gasteiger partial charge in [-0.2, -0.15) is 0 Å². The largest absolute Gasteiger partial charge is 0.325 e. The number of carbonyl (C=O) groups excluding carboxylic acids is 1. The molecular formula is C14H22N2O3S. The van der Waals surface area contributed by atoms with Gasteiger partial charge in [0.15, 0.2) is 9.84 Å². The van der Waals surface area contributed by atoms with Crippen molar-refractivity contribution in [2.75, 3.05) is 23.4 Å². The molecule has 0 radical (unpaired) electrons. The van der Waals surface area contributed by atoms with Gasteiger partial charge in [0.2, 0.25) is 5.91 Å². The van der Waals surface area contributed by atoms with Gasteiger partial charge in [-0.1, -0.05) is 32.0 Å². The number of rotatable bonds is 8. The molecule has 1 aromatic carbocycles. The number of carbonyl (C=O) groups is 1. The maximum absolute atomic E-state index is 11.8. The first-order valence-corrected chi connectivity index (χ1v) is 8.59. The van der Waals surface area contributed by atoms with Gasteiger partial charge in [0.1, 0.15) is 5.75 Å². The zero-order chi connectivity index (χ0) is 15.0. The van der Waals surface area contributed by atoms with Crippen LogP contribution in [0.4, 0.5) is 5.69 Å². The molecule has 0 atom stereocenters. The molecule has 0 aliphatic heterocycles. The van der Waals surface area contributed by atoms with Crippen LogP contribution in [0, 0.1) is 0 Å². The van der Waals surface area contributed by atoms with E-state index in [4.69, 9.17) is 0 Å². The van der Waals surface area contributed by atoms with Crippen molar-refractivity contribution in [3.05, 3.63) is 29.8 Å². The number of benzene rings is 1. The number of amides is 1. The Bertz CT molecular complexity index is 541. The van der Waals surface area contributed by atoms with Crippen LogP contribution in [0.15, 0.2) is 24.3 Å². The summed E-state index contributed by atoms with van der Waals surface area (Å²) in [7, 11) is -3.31. The van der Waals surface area contributed by atoms with E-state index in [0.29, 0.717) is 18.7 Å². The first-order chi connectivity index (χ1) is 9.48. The van der Waals surface area contributed by atoms with Gasteiger partial charge >= 0.3 is 0 Å². The van der Waals surface area contributed by atoms with Crippen LogP contribution in [0.25, 0.3) is 0 Å². The van der Waals surface area contributed by atoms with E-state index in [-0.39, 0.29) is 5.75 Å². The van der Waals surface area contributed by atoms with Gasteiger partial charge in [0, 0.05) is 12.2 Å². The number of hydrogen-bond acceptors (Lipinski definition) is 4. The van der Waals surface area contributed by atoms with E-state index in [0.717, 1.165) is 12.1 Å². The fraction of sp³-hybridized carbons (Fsp3) is 0.500. The molecule has 6 heteroatoms. The molecule has 5 nitrogen and oxygen atoms in total. The normalized spacial score (nSPS) is 11.3. The molecule has 0 saturated carbocycles. The molecule has 0 bridgehead atoms. The molecule has 2 N–H and O–H groups in total. The maximum Gasteiger partial charge on any atom is 0.239 e. The van der Waals surface area contributed by atoms with E-state index in [9.17, 15) is 13.2 Å². The predicted molar refractivity (Wildman–Crippen MR) is 81.4 cm³/mol. The second kappa shape index (κ2) is 8.01. The zero-order valence-electron chi connectivity index (χ0n) is 12.0. The lowest BCUT2D eigenvalue weighted by atomic mass is 10.1. The molecule has 0 heterocycles. The van der Waals surface area contributed by atoms with E-state index >= 15 is 0 Å². The SMILES string of the molecule is CCCS(=O)(=O)CC(=O)Nc1ccccc1CNCC.